The summed E-state index contributed by atoms with van der Waals surface area (Å²) in [5, 5.41) is 9.87. The van der Waals surface area contributed by atoms with Crippen LogP contribution in [0.15, 0.2) is 6.07 Å². The molecule has 0 aromatic carbocycles. The smallest absolute Gasteiger partial charge is 0.263 e. The van der Waals surface area contributed by atoms with Gasteiger partial charge >= 0.3 is 0 Å². The lowest BCUT2D eigenvalue weighted by molar-refractivity contribution is 0.0697. The number of amides is 1. The second-order valence-corrected chi connectivity index (χ2v) is 6.94. The molecule has 1 aromatic heterocycles. The molecule has 0 radical (unpaired) electrons. The van der Waals surface area contributed by atoms with Crippen molar-refractivity contribution < 1.29 is 14.6 Å². The Morgan fingerprint density at radius 1 is 1.55 bits per heavy atom. The van der Waals surface area contributed by atoms with E-state index >= 15 is 0 Å². The molecule has 2 heterocycles. The molecule has 1 amide bonds. The molecular formula is C15H21NO3S. The number of carbonyl (C=O) groups excluding carboxylic acids is 1. The van der Waals surface area contributed by atoms with Crippen LogP contribution in [-0.2, 0) is 17.8 Å². The maximum Gasteiger partial charge on any atom is 0.263 e. The third-order valence-corrected chi connectivity index (χ3v) is 5.54. The van der Waals surface area contributed by atoms with Gasteiger partial charge in [0.2, 0.25) is 0 Å². The van der Waals surface area contributed by atoms with Gasteiger partial charge in [0.1, 0.15) is 0 Å². The average molecular weight is 295 g/mol. The van der Waals surface area contributed by atoms with Crippen LogP contribution in [0.5, 0.6) is 0 Å². The summed E-state index contributed by atoms with van der Waals surface area (Å²) < 4.78 is 5.42. The highest BCUT2D eigenvalue weighted by atomic mass is 32.1. The van der Waals surface area contributed by atoms with E-state index in [1.807, 2.05) is 13.1 Å². The topological polar surface area (TPSA) is 49.8 Å². The molecule has 5 heteroatoms. The molecule has 0 spiro atoms. The lowest BCUT2D eigenvalue weighted by atomic mass is 10.1. The van der Waals surface area contributed by atoms with Crippen molar-refractivity contribution in [3.05, 3.63) is 21.4 Å². The standard InChI is InChI=1S/C15H21NO3S/c1-16(8-10-3-2-4-12(10)17)15(18)14-7-11-9-19-6-5-13(11)20-14/h7,10,12,17H,2-6,8-9H2,1H3. The van der Waals surface area contributed by atoms with Crippen LogP contribution >= 0.6 is 11.3 Å². The van der Waals surface area contributed by atoms with Crippen molar-refractivity contribution in [3.8, 4) is 0 Å². The first-order valence-electron chi connectivity index (χ1n) is 7.28. The van der Waals surface area contributed by atoms with Gasteiger partial charge in [-0.15, -0.1) is 11.3 Å². The van der Waals surface area contributed by atoms with Crippen LogP contribution in [0.2, 0.25) is 0 Å². The van der Waals surface area contributed by atoms with Crippen LogP contribution in [0.3, 0.4) is 0 Å². The van der Waals surface area contributed by atoms with E-state index in [1.54, 1.807) is 16.2 Å². The molecule has 1 saturated carbocycles. The Bertz CT molecular complexity index is 476. The first kappa shape index (κ1) is 14.0. The Morgan fingerprint density at radius 2 is 2.40 bits per heavy atom. The third kappa shape index (κ3) is 2.75. The lowest BCUT2D eigenvalue weighted by Crippen LogP contribution is -2.34. The molecule has 2 aliphatic rings. The van der Waals surface area contributed by atoms with Gasteiger partial charge < -0.3 is 14.7 Å². The molecule has 2 unspecified atom stereocenters. The molecule has 0 bridgehead atoms. The minimum absolute atomic E-state index is 0.0727. The highest BCUT2D eigenvalue weighted by Crippen LogP contribution is 2.29. The monoisotopic (exact) mass is 295 g/mol. The van der Waals surface area contributed by atoms with Crippen molar-refractivity contribution in [2.24, 2.45) is 5.92 Å². The van der Waals surface area contributed by atoms with Crippen molar-refractivity contribution in [2.75, 3.05) is 20.2 Å². The Kier molecular flexibility index (Phi) is 4.10. The van der Waals surface area contributed by atoms with Crippen LogP contribution in [0.4, 0.5) is 0 Å². The van der Waals surface area contributed by atoms with Crippen LogP contribution < -0.4 is 0 Å². The zero-order valence-corrected chi connectivity index (χ0v) is 12.6. The van der Waals surface area contributed by atoms with E-state index in [2.05, 4.69) is 0 Å². The largest absolute Gasteiger partial charge is 0.393 e. The van der Waals surface area contributed by atoms with Crippen molar-refractivity contribution >= 4 is 17.2 Å². The third-order valence-electron chi connectivity index (χ3n) is 4.31. The second kappa shape index (κ2) is 5.84. The van der Waals surface area contributed by atoms with Crippen LogP contribution in [0, 0.1) is 5.92 Å². The van der Waals surface area contributed by atoms with Gasteiger partial charge in [-0.05, 0) is 24.5 Å². The minimum Gasteiger partial charge on any atom is -0.393 e. The highest BCUT2D eigenvalue weighted by molar-refractivity contribution is 7.14. The van der Waals surface area contributed by atoms with E-state index in [-0.39, 0.29) is 17.9 Å². The predicted molar refractivity (Wildman–Crippen MR) is 78.0 cm³/mol. The Balaban J connectivity index is 1.67. The van der Waals surface area contributed by atoms with Crippen molar-refractivity contribution in [2.45, 2.75) is 38.4 Å². The molecule has 1 aliphatic carbocycles. The fourth-order valence-electron chi connectivity index (χ4n) is 3.11. The number of rotatable bonds is 3. The number of aliphatic hydroxyl groups excluding tert-OH is 1. The van der Waals surface area contributed by atoms with Gasteiger partial charge in [0.05, 0.1) is 24.2 Å². The zero-order valence-electron chi connectivity index (χ0n) is 11.8. The van der Waals surface area contributed by atoms with Crippen molar-refractivity contribution in [1.82, 2.24) is 4.90 Å². The van der Waals surface area contributed by atoms with E-state index in [0.717, 1.165) is 37.2 Å². The van der Waals surface area contributed by atoms with E-state index in [0.29, 0.717) is 13.2 Å². The lowest BCUT2D eigenvalue weighted by Gasteiger charge is -2.22. The van der Waals surface area contributed by atoms with Crippen LogP contribution in [0.1, 0.15) is 39.4 Å². The van der Waals surface area contributed by atoms with E-state index in [9.17, 15) is 9.90 Å². The summed E-state index contributed by atoms with van der Waals surface area (Å²) in [7, 11) is 1.84. The zero-order chi connectivity index (χ0) is 14.1. The number of hydrogen-bond acceptors (Lipinski definition) is 4. The van der Waals surface area contributed by atoms with Crippen LogP contribution in [-0.4, -0.2) is 42.2 Å². The van der Waals surface area contributed by atoms with E-state index in [4.69, 9.17) is 4.74 Å². The number of hydrogen-bond donors (Lipinski definition) is 1. The Morgan fingerprint density at radius 3 is 3.10 bits per heavy atom. The molecule has 2 atom stereocenters. The number of carbonyl (C=O) groups is 1. The van der Waals surface area contributed by atoms with Gasteiger partial charge in [0.15, 0.2) is 0 Å². The highest BCUT2D eigenvalue weighted by Gasteiger charge is 2.28. The summed E-state index contributed by atoms with van der Waals surface area (Å²) in [6, 6.07) is 1.98. The van der Waals surface area contributed by atoms with Crippen LogP contribution in [0.25, 0.3) is 0 Å². The number of thiophene rings is 1. The molecule has 20 heavy (non-hydrogen) atoms. The van der Waals surface area contributed by atoms with Gasteiger partial charge in [-0.3, -0.25) is 4.79 Å². The van der Waals surface area contributed by atoms with Gasteiger partial charge in [0, 0.05) is 30.8 Å². The summed E-state index contributed by atoms with van der Waals surface area (Å²) in [4.78, 5) is 16.3. The average Bonchev–Trinajstić information content (AvgIpc) is 3.04. The summed E-state index contributed by atoms with van der Waals surface area (Å²) in [6.07, 6.45) is 3.64. The molecule has 4 nitrogen and oxygen atoms in total. The minimum atomic E-state index is -0.241. The van der Waals surface area contributed by atoms with Crippen molar-refractivity contribution in [1.29, 1.82) is 0 Å². The van der Waals surface area contributed by atoms with Gasteiger partial charge in [0.25, 0.3) is 5.91 Å². The molecule has 1 aromatic rings. The maximum absolute atomic E-state index is 12.5. The maximum atomic E-state index is 12.5. The number of aliphatic hydroxyl groups is 1. The van der Waals surface area contributed by atoms with Gasteiger partial charge in [-0.25, -0.2) is 0 Å². The van der Waals surface area contributed by atoms with E-state index in [1.165, 1.54) is 10.4 Å². The van der Waals surface area contributed by atoms with E-state index < -0.39 is 0 Å². The molecule has 1 N–H and O–H groups in total. The predicted octanol–water partition coefficient (Wildman–Crippen LogP) is 2.05. The molecular weight excluding hydrogens is 274 g/mol. The summed E-state index contributed by atoms with van der Waals surface area (Å²) in [5.41, 5.74) is 1.17. The normalized spacial score (nSPS) is 25.5. The summed E-state index contributed by atoms with van der Waals surface area (Å²) >= 11 is 1.60. The van der Waals surface area contributed by atoms with Crippen molar-refractivity contribution in [3.63, 3.8) is 0 Å². The summed E-state index contributed by atoms with van der Waals surface area (Å²) in [6.45, 7) is 2.04. The molecule has 3 rings (SSSR count). The first-order valence-corrected chi connectivity index (χ1v) is 8.09. The first-order chi connectivity index (χ1) is 9.65. The molecule has 1 aliphatic heterocycles. The summed E-state index contributed by atoms with van der Waals surface area (Å²) in [5.74, 6) is 0.311. The second-order valence-electron chi connectivity index (χ2n) is 5.81. The SMILES string of the molecule is CN(CC1CCCC1O)C(=O)c1cc2c(s1)CCOC2. The number of fused-ring (bicyclic) bond motifs is 1. The molecule has 0 saturated heterocycles. The van der Waals surface area contributed by atoms with Gasteiger partial charge in [-0.2, -0.15) is 0 Å². The fourth-order valence-corrected chi connectivity index (χ4v) is 4.25. The Hall–Kier alpha value is -0.910. The fraction of sp³-hybridized carbons (Fsp3) is 0.667. The Labute approximate surface area is 123 Å². The quantitative estimate of drug-likeness (QED) is 0.928. The number of ether oxygens (including phenoxy) is 1. The molecule has 1 fully saturated rings. The van der Waals surface area contributed by atoms with Gasteiger partial charge in [-0.1, -0.05) is 6.42 Å². The number of nitrogens with zero attached hydrogens (tertiary/aromatic N) is 1. The molecule has 110 valence electrons.